The van der Waals surface area contributed by atoms with E-state index in [1.807, 2.05) is 0 Å². The minimum Gasteiger partial charge on any atom is -0.493 e. The van der Waals surface area contributed by atoms with Crippen LogP contribution in [0.4, 0.5) is 5.69 Å². The molecule has 184 valence electrons. The quantitative estimate of drug-likeness (QED) is 0.247. The Hall–Kier alpha value is -3.44. The van der Waals surface area contributed by atoms with Crippen LogP contribution in [0.3, 0.4) is 0 Å². The van der Waals surface area contributed by atoms with Crippen molar-refractivity contribution in [2.75, 3.05) is 59.3 Å². The minimum atomic E-state index is -0.678. The fraction of sp³-hybridized carbons (Fsp3) is 0.348. The van der Waals surface area contributed by atoms with Gasteiger partial charge in [-0.3, -0.25) is 9.59 Å². The van der Waals surface area contributed by atoms with Crippen molar-refractivity contribution in [2.24, 2.45) is 0 Å². The molecule has 0 saturated heterocycles. The first-order chi connectivity index (χ1) is 16.4. The molecule has 0 fully saturated rings. The summed E-state index contributed by atoms with van der Waals surface area (Å²) in [4.78, 5) is 37.4. The zero-order valence-corrected chi connectivity index (χ0v) is 20.3. The molecule has 0 radical (unpaired) electrons. The number of benzene rings is 2. The van der Waals surface area contributed by atoms with Gasteiger partial charge in [-0.15, -0.1) is 11.8 Å². The van der Waals surface area contributed by atoms with E-state index < -0.39 is 18.5 Å². The summed E-state index contributed by atoms with van der Waals surface area (Å²) in [6.07, 6.45) is 0. The molecule has 0 bridgehead atoms. The van der Waals surface area contributed by atoms with Crippen molar-refractivity contribution in [3.05, 3.63) is 42.0 Å². The maximum atomic E-state index is 12.6. The fourth-order valence-electron chi connectivity index (χ4n) is 2.81. The average molecular weight is 493 g/mol. The van der Waals surface area contributed by atoms with E-state index in [-0.39, 0.29) is 17.2 Å². The summed E-state index contributed by atoms with van der Waals surface area (Å²) in [5.74, 6) is -0.174. The van der Waals surface area contributed by atoms with E-state index in [1.165, 1.54) is 33.1 Å². The molecule has 0 atom stereocenters. The Morgan fingerprint density at radius 1 is 0.912 bits per heavy atom. The van der Waals surface area contributed by atoms with Crippen molar-refractivity contribution in [3.63, 3.8) is 0 Å². The van der Waals surface area contributed by atoms with Crippen LogP contribution >= 0.6 is 11.8 Å². The lowest BCUT2D eigenvalue weighted by atomic mass is 10.2. The lowest BCUT2D eigenvalue weighted by Crippen LogP contribution is -2.28. The van der Waals surface area contributed by atoms with Crippen LogP contribution in [0.25, 0.3) is 0 Å². The standard InChI is InChI=1S/C23H28N2O8S/c1-29-10-9-24-21(27)14-34-19-8-6-5-7-16(19)23(28)33-13-20(26)25-15-11-17(30-2)22(32-4)18(12-15)31-3/h5-8,11-12H,9-10,13-14H2,1-4H3,(H,24,27)(H,25,26). The van der Waals surface area contributed by atoms with Crippen LogP contribution in [0.5, 0.6) is 17.2 Å². The van der Waals surface area contributed by atoms with Crippen molar-refractivity contribution in [2.45, 2.75) is 4.90 Å². The van der Waals surface area contributed by atoms with E-state index in [2.05, 4.69) is 10.6 Å². The summed E-state index contributed by atoms with van der Waals surface area (Å²) in [7, 11) is 5.95. The highest BCUT2D eigenvalue weighted by atomic mass is 32.2. The molecule has 2 aromatic carbocycles. The molecule has 0 aliphatic heterocycles. The molecule has 0 unspecified atom stereocenters. The molecule has 2 amide bonds. The van der Waals surface area contributed by atoms with Gasteiger partial charge in [0.25, 0.3) is 5.91 Å². The zero-order valence-electron chi connectivity index (χ0n) is 19.5. The van der Waals surface area contributed by atoms with Crippen molar-refractivity contribution < 1.29 is 38.1 Å². The number of amides is 2. The Balaban J connectivity index is 1.96. The lowest BCUT2D eigenvalue weighted by molar-refractivity contribution is -0.119. The molecule has 0 saturated carbocycles. The molecule has 2 N–H and O–H groups in total. The van der Waals surface area contributed by atoms with Crippen molar-refractivity contribution >= 4 is 35.2 Å². The summed E-state index contributed by atoms with van der Waals surface area (Å²) >= 11 is 1.20. The number of anilines is 1. The monoisotopic (exact) mass is 492 g/mol. The van der Waals surface area contributed by atoms with Crippen molar-refractivity contribution in [3.8, 4) is 17.2 Å². The predicted octanol–water partition coefficient (Wildman–Crippen LogP) is 2.36. The number of carbonyl (C=O) groups excluding carboxylic acids is 3. The summed E-state index contributed by atoms with van der Waals surface area (Å²) in [6, 6.07) is 9.83. The number of nitrogens with one attached hydrogen (secondary N) is 2. The van der Waals surface area contributed by atoms with E-state index in [1.54, 1.807) is 43.5 Å². The number of thioether (sulfide) groups is 1. The molecule has 0 aliphatic rings. The number of methoxy groups -OCH3 is 4. The summed E-state index contributed by atoms with van der Waals surface area (Å²) < 4.78 is 25.8. The zero-order chi connectivity index (χ0) is 24.9. The largest absolute Gasteiger partial charge is 0.493 e. The Morgan fingerprint density at radius 2 is 1.59 bits per heavy atom. The van der Waals surface area contributed by atoms with Crippen LogP contribution in [0.15, 0.2) is 41.3 Å². The van der Waals surface area contributed by atoms with Gasteiger partial charge in [0.1, 0.15) is 0 Å². The van der Waals surface area contributed by atoms with Gasteiger partial charge < -0.3 is 34.3 Å². The van der Waals surface area contributed by atoms with Gasteiger partial charge in [-0.25, -0.2) is 4.79 Å². The SMILES string of the molecule is COCCNC(=O)CSc1ccccc1C(=O)OCC(=O)Nc1cc(OC)c(OC)c(OC)c1. The Labute approximate surface area is 202 Å². The Bertz CT molecular complexity index is 974. The van der Waals surface area contributed by atoms with E-state index in [9.17, 15) is 14.4 Å². The van der Waals surface area contributed by atoms with Crippen LogP contribution in [-0.4, -0.2) is 71.7 Å². The molecule has 0 aliphatic carbocycles. The van der Waals surface area contributed by atoms with Crippen molar-refractivity contribution in [1.82, 2.24) is 5.32 Å². The summed E-state index contributed by atoms with van der Waals surface area (Å²) in [5.41, 5.74) is 0.642. The smallest absolute Gasteiger partial charge is 0.339 e. The van der Waals surface area contributed by atoms with Crippen LogP contribution < -0.4 is 24.8 Å². The third-order valence-corrected chi connectivity index (χ3v) is 5.45. The number of hydrogen-bond acceptors (Lipinski definition) is 9. The number of rotatable bonds is 13. The van der Waals surface area contributed by atoms with Crippen molar-refractivity contribution in [1.29, 1.82) is 0 Å². The number of hydrogen-bond donors (Lipinski definition) is 2. The molecular weight excluding hydrogens is 464 g/mol. The predicted molar refractivity (Wildman–Crippen MR) is 127 cm³/mol. The third kappa shape index (κ3) is 7.85. The van der Waals surface area contributed by atoms with Gasteiger partial charge in [0, 0.05) is 36.4 Å². The van der Waals surface area contributed by atoms with Crippen LogP contribution in [-0.2, 0) is 19.1 Å². The fourth-order valence-corrected chi connectivity index (χ4v) is 3.68. The van der Waals surface area contributed by atoms with Gasteiger partial charge in [-0.2, -0.15) is 0 Å². The molecule has 11 heteroatoms. The van der Waals surface area contributed by atoms with E-state index in [0.29, 0.717) is 41.0 Å². The molecule has 0 aromatic heterocycles. The van der Waals surface area contributed by atoms with Gasteiger partial charge in [-0.05, 0) is 12.1 Å². The normalized spacial score (nSPS) is 10.2. The Kier molecular flexibility index (Phi) is 11.0. The number of carbonyl (C=O) groups is 3. The molecule has 34 heavy (non-hydrogen) atoms. The van der Waals surface area contributed by atoms with Gasteiger partial charge in [-0.1, -0.05) is 12.1 Å². The third-order valence-electron chi connectivity index (χ3n) is 4.38. The molecule has 0 spiro atoms. The molecule has 10 nitrogen and oxygen atoms in total. The molecule has 2 aromatic rings. The Morgan fingerprint density at radius 3 is 2.21 bits per heavy atom. The molecular formula is C23H28N2O8S. The highest BCUT2D eigenvalue weighted by molar-refractivity contribution is 8.00. The first-order valence-corrected chi connectivity index (χ1v) is 11.2. The highest BCUT2D eigenvalue weighted by Crippen LogP contribution is 2.39. The van der Waals surface area contributed by atoms with Gasteiger partial charge in [0.15, 0.2) is 18.1 Å². The highest BCUT2D eigenvalue weighted by Gasteiger charge is 2.17. The molecule has 2 rings (SSSR count). The number of esters is 1. The second-order valence-corrected chi connectivity index (χ2v) is 7.68. The number of ether oxygens (including phenoxy) is 5. The topological polar surface area (TPSA) is 121 Å². The van der Waals surface area contributed by atoms with E-state index in [0.717, 1.165) is 0 Å². The lowest BCUT2D eigenvalue weighted by Gasteiger charge is -2.14. The van der Waals surface area contributed by atoms with Gasteiger partial charge in [0.05, 0.1) is 39.3 Å². The first-order valence-electron chi connectivity index (χ1n) is 10.2. The minimum absolute atomic E-state index is 0.121. The van der Waals surface area contributed by atoms with Gasteiger partial charge in [0.2, 0.25) is 11.7 Å². The van der Waals surface area contributed by atoms with Crippen LogP contribution in [0, 0.1) is 0 Å². The average Bonchev–Trinajstić information content (AvgIpc) is 2.85. The second-order valence-electron chi connectivity index (χ2n) is 6.67. The summed E-state index contributed by atoms with van der Waals surface area (Å²) in [6.45, 7) is 0.310. The van der Waals surface area contributed by atoms with Gasteiger partial charge >= 0.3 is 5.97 Å². The maximum Gasteiger partial charge on any atom is 0.339 e. The van der Waals surface area contributed by atoms with Crippen LogP contribution in [0.1, 0.15) is 10.4 Å². The molecule has 0 heterocycles. The first kappa shape index (κ1) is 26.8. The van der Waals surface area contributed by atoms with E-state index >= 15 is 0 Å². The summed E-state index contributed by atoms with van der Waals surface area (Å²) in [5, 5.41) is 5.34. The second kappa shape index (κ2) is 14.0. The van der Waals surface area contributed by atoms with E-state index in [4.69, 9.17) is 23.7 Å². The van der Waals surface area contributed by atoms with Crippen LogP contribution in [0.2, 0.25) is 0 Å². The maximum absolute atomic E-state index is 12.6.